The maximum atomic E-state index is 4.32. The van der Waals surface area contributed by atoms with Gasteiger partial charge in [0.15, 0.2) is 0 Å². The first kappa shape index (κ1) is 12.8. The van der Waals surface area contributed by atoms with Gasteiger partial charge in [-0.2, -0.15) is 0 Å². The number of benzene rings is 1. The Morgan fingerprint density at radius 2 is 1.89 bits per heavy atom. The first-order valence-corrected chi connectivity index (χ1v) is 6.34. The maximum Gasteiger partial charge on any atom is 0.115 e. The summed E-state index contributed by atoms with van der Waals surface area (Å²) in [5, 5.41) is 8.60. The quantitative estimate of drug-likeness (QED) is 0.806. The molecule has 0 amide bonds. The van der Waals surface area contributed by atoms with E-state index in [1.165, 1.54) is 5.56 Å². The van der Waals surface area contributed by atoms with Crippen LogP contribution in [0.2, 0.25) is 0 Å². The van der Waals surface area contributed by atoms with E-state index in [2.05, 4.69) is 69.2 Å². The van der Waals surface area contributed by atoms with E-state index in [0.29, 0.717) is 0 Å². The van der Waals surface area contributed by atoms with E-state index in [1.54, 1.807) is 0 Å². The Balaban J connectivity index is 2.37. The van der Waals surface area contributed by atoms with Gasteiger partial charge in [-0.25, -0.2) is 4.68 Å². The molecule has 2 aromatic rings. The maximum absolute atomic E-state index is 4.32. The largest absolute Gasteiger partial charge is 0.249 e. The summed E-state index contributed by atoms with van der Waals surface area (Å²) in [6.07, 6.45) is 0. The summed E-state index contributed by atoms with van der Waals surface area (Å²) in [5.41, 5.74) is 4.73. The number of nitrogens with zero attached hydrogens (tertiary/aromatic N) is 3. The van der Waals surface area contributed by atoms with Gasteiger partial charge in [0.25, 0.3) is 0 Å². The lowest BCUT2D eigenvalue weighted by molar-refractivity contribution is 0.317. The molecule has 1 aromatic carbocycles. The summed E-state index contributed by atoms with van der Waals surface area (Å²) in [7, 11) is 0. The van der Waals surface area contributed by atoms with E-state index in [4.69, 9.17) is 0 Å². The van der Waals surface area contributed by atoms with Crippen molar-refractivity contribution >= 4 is 0 Å². The van der Waals surface area contributed by atoms with Crippen molar-refractivity contribution in [3.63, 3.8) is 0 Å². The van der Waals surface area contributed by atoms with Crippen molar-refractivity contribution in [3.05, 3.63) is 35.5 Å². The zero-order valence-corrected chi connectivity index (χ0v) is 11.9. The van der Waals surface area contributed by atoms with Crippen LogP contribution in [-0.4, -0.2) is 15.0 Å². The van der Waals surface area contributed by atoms with Gasteiger partial charge >= 0.3 is 0 Å². The van der Waals surface area contributed by atoms with Crippen LogP contribution in [0.4, 0.5) is 0 Å². The van der Waals surface area contributed by atoms with Crippen LogP contribution in [-0.2, 0) is 6.54 Å². The molecule has 0 bridgehead atoms. The third-order valence-electron chi connectivity index (χ3n) is 2.90. The molecule has 0 unspecified atom stereocenters. The Morgan fingerprint density at radius 1 is 1.17 bits per heavy atom. The minimum Gasteiger partial charge on any atom is -0.249 e. The Morgan fingerprint density at radius 3 is 2.50 bits per heavy atom. The molecule has 0 atom stereocenters. The zero-order valence-electron chi connectivity index (χ0n) is 11.9. The third-order valence-corrected chi connectivity index (χ3v) is 2.90. The minimum absolute atomic E-state index is 0.211. The molecule has 0 saturated heterocycles. The van der Waals surface area contributed by atoms with Crippen LogP contribution in [0.5, 0.6) is 0 Å². The van der Waals surface area contributed by atoms with Gasteiger partial charge in [-0.15, -0.1) is 5.10 Å². The van der Waals surface area contributed by atoms with Gasteiger partial charge in [0.05, 0.1) is 5.69 Å². The second-order valence-corrected chi connectivity index (χ2v) is 6.11. The van der Waals surface area contributed by atoms with E-state index in [1.807, 2.05) is 4.68 Å². The minimum atomic E-state index is 0.211. The predicted octanol–water partition coefficient (Wildman–Crippen LogP) is 3.61. The molecule has 2 rings (SSSR count). The van der Waals surface area contributed by atoms with Crippen LogP contribution in [0.3, 0.4) is 0 Å². The van der Waals surface area contributed by atoms with E-state index in [0.717, 1.165) is 23.5 Å². The van der Waals surface area contributed by atoms with Crippen LogP contribution in [0.25, 0.3) is 11.3 Å². The average molecular weight is 243 g/mol. The van der Waals surface area contributed by atoms with Gasteiger partial charge < -0.3 is 0 Å². The van der Waals surface area contributed by atoms with Crippen molar-refractivity contribution < 1.29 is 0 Å². The van der Waals surface area contributed by atoms with E-state index >= 15 is 0 Å². The van der Waals surface area contributed by atoms with Crippen LogP contribution in [0, 0.1) is 19.3 Å². The van der Waals surface area contributed by atoms with Crippen molar-refractivity contribution in [2.24, 2.45) is 5.41 Å². The molecule has 0 radical (unpaired) electrons. The summed E-state index contributed by atoms with van der Waals surface area (Å²) in [4.78, 5) is 0. The van der Waals surface area contributed by atoms with E-state index in [9.17, 15) is 0 Å². The van der Waals surface area contributed by atoms with Crippen LogP contribution >= 0.6 is 0 Å². The molecular weight excluding hydrogens is 222 g/mol. The fraction of sp³-hybridized carbons (Fsp3) is 0.467. The second-order valence-electron chi connectivity index (χ2n) is 6.11. The molecule has 1 aromatic heterocycles. The molecule has 0 spiro atoms. The lowest BCUT2D eigenvalue weighted by atomic mass is 9.97. The van der Waals surface area contributed by atoms with Crippen LogP contribution in [0.1, 0.15) is 32.0 Å². The molecule has 0 saturated carbocycles. The zero-order chi connectivity index (χ0) is 13.3. The van der Waals surface area contributed by atoms with E-state index in [-0.39, 0.29) is 5.41 Å². The molecule has 0 aliphatic heterocycles. The molecule has 0 aliphatic rings. The first-order valence-electron chi connectivity index (χ1n) is 6.34. The Kier molecular flexibility index (Phi) is 3.24. The lowest BCUT2D eigenvalue weighted by Gasteiger charge is -2.18. The fourth-order valence-corrected chi connectivity index (χ4v) is 2.02. The molecule has 0 aliphatic carbocycles. The summed E-state index contributed by atoms with van der Waals surface area (Å²) >= 11 is 0. The van der Waals surface area contributed by atoms with Crippen molar-refractivity contribution in [1.82, 2.24) is 15.0 Å². The molecule has 1 heterocycles. The Bertz CT molecular complexity index is 547. The van der Waals surface area contributed by atoms with Gasteiger partial charge in [0, 0.05) is 12.1 Å². The Hall–Kier alpha value is -1.64. The molecule has 3 nitrogen and oxygen atoms in total. The summed E-state index contributed by atoms with van der Waals surface area (Å²) in [5.74, 6) is 0. The summed E-state index contributed by atoms with van der Waals surface area (Å²) < 4.78 is 2.00. The smallest absolute Gasteiger partial charge is 0.115 e. The normalized spacial score (nSPS) is 11.8. The monoisotopic (exact) mass is 243 g/mol. The van der Waals surface area contributed by atoms with Crippen LogP contribution < -0.4 is 0 Å². The summed E-state index contributed by atoms with van der Waals surface area (Å²) in [6.45, 7) is 11.7. The average Bonchev–Trinajstić information content (AvgIpc) is 2.58. The van der Waals surface area contributed by atoms with Crippen molar-refractivity contribution in [2.45, 2.75) is 41.2 Å². The van der Waals surface area contributed by atoms with Crippen LogP contribution in [0.15, 0.2) is 24.3 Å². The number of aromatic nitrogens is 3. The Labute approximate surface area is 109 Å². The third kappa shape index (κ3) is 2.78. The molecular formula is C15H21N3. The topological polar surface area (TPSA) is 30.7 Å². The second kappa shape index (κ2) is 4.56. The predicted molar refractivity (Wildman–Crippen MR) is 74.4 cm³/mol. The lowest BCUT2D eigenvalue weighted by Crippen LogP contribution is -2.17. The molecule has 18 heavy (non-hydrogen) atoms. The van der Waals surface area contributed by atoms with Gasteiger partial charge in [0.1, 0.15) is 5.69 Å². The highest BCUT2D eigenvalue weighted by molar-refractivity contribution is 5.61. The first-order chi connectivity index (χ1) is 8.37. The van der Waals surface area contributed by atoms with Crippen molar-refractivity contribution in [2.75, 3.05) is 0 Å². The molecule has 96 valence electrons. The number of rotatable bonds is 2. The highest BCUT2D eigenvalue weighted by Gasteiger charge is 2.16. The highest BCUT2D eigenvalue weighted by Crippen LogP contribution is 2.24. The van der Waals surface area contributed by atoms with Gasteiger partial charge in [-0.05, 0) is 25.3 Å². The number of hydrogen-bond acceptors (Lipinski definition) is 2. The van der Waals surface area contributed by atoms with Crippen molar-refractivity contribution in [3.8, 4) is 11.3 Å². The van der Waals surface area contributed by atoms with E-state index < -0.39 is 0 Å². The molecule has 0 N–H and O–H groups in total. The van der Waals surface area contributed by atoms with Gasteiger partial charge in [-0.3, -0.25) is 0 Å². The van der Waals surface area contributed by atoms with Gasteiger partial charge in [-0.1, -0.05) is 49.7 Å². The van der Waals surface area contributed by atoms with Crippen molar-refractivity contribution in [1.29, 1.82) is 0 Å². The number of aryl methyl sites for hydroxylation is 1. The summed E-state index contributed by atoms with van der Waals surface area (Å²) in [6, 6.07) is 8.40. The SMILES string of the molecule is Cc1cccc(-c2nnn(CC(C)(C)C)c2C)c1. The standard InChI is InChI=1S/C15H21N3/c1-11-7-6-8-13(9-11)14-12(2)18(17-16-14)10-15(3,4)5/h6-9H,10H2,1-5H3. The number of hydrogen-bond donors (Lipinski definition) is 0. The molecule has 3 heteroatoms. The fourth-order valence-electron chi connectivity index (χ4n) is 2.02. The van der Waals surface area contributed by atoms with Gasteiger partial charge in [0.2, 0.25) is 0 Å². The molecule has 0 fully saturated rings. The highest BCUT2D eigenvalue weighted by atomic mass is 15.4.